The van der Waals surface area contributed by atoms with E-state index in [0.717, 1.165) is 12.8 Å². The molecule has 1 aromatic rings. The lowest BCUT2D eigenvalue weighted by Gasteiger charge is -2.12. The van der Waals surface area contributed by atoms with Crippen LogP contribution in [0.3, 0.4) is 0 Å². The number of hydrogen-bond donors (Lipinski definition) is 2. The monoisotopic (exact) mass is 284 g/mol. The van der Waals surface area contributed by atoms with Crippen molar-refractivity contribution >= 4 is 15.9 Å². The Morgan fingerprint density at radius 1 is 1.42 bits per heavy atom. The number of sulfonamides is 1. The van der Waals surface area contributed by atoms with Crippen molar-refractivity contribution in [2.45, 2.75) is 23.8 Å². The van der Waals surface area contributed by atoms with Crippen molar-refractivity contribution < 1.29 is 17.9 Å². The highest BCUT2D eigenvalue weighted by Crippen LogP contribution is 2.14. The Hall–Kier alpha value is -1.44. The molecule has 6 nitrogen and oxygen atoms in total. The lowest BCUT2D eigenvalue weighted by atomic mass is 10.2. The van der Waals surface area contributed by atoms with Crippen molar-refractivity contribution in [1.29, 1.82) is 0 Å². The molecule has 1 heterocycles. The van der Waals surface area contributed by atoms with E-state index in [1.54, 1.807) is 6.07 Å². The first-order valence-electron chi connectivity index (χ1n) is 6.00. The van der Waals surface area contributed by atoms with Crippen molar-refractivity contribution in [1.82, 2.24) is 5.32 Å². The van der Waals surface area contributed by atoms with E-state index in [1.807, 2.05) is 0 Å². The van der Waals surface area contributed by atoms with Gasteiger partial charge in [0, 0.05) is 13.2 Å². The molecule has 1 atom stereocenters. The van der Waals surface area contributed by atoms with Crippen molar-refractivity contribution in [3.05, 3.63) is 29.8 Å². The molecule has 1 aromatic carbocycles. The SMILES string of the molecule is NS(=O)(=O)c1ccccc1C(=O)NCC1CCCO1. The maximum absolute atomic E-state index is 12.0. The van der Waals surface area contributed by atoms with Crippen molar-refractivity contribution in [3.63, 3.8) is 0 Å². The van der Waals surface area contributed by atoms with Gasteiger partial charge < -0.3 is 10.1 Å². The highest BCUT2D eigenvalue weighted by Gasteiger charge is 2.20. The molecule has 1 aliphatic rings. The lowest BCUT2D eigenvalue weighted by molar-refractivity contribution is 0.0855. The molecule has 0 aromatic heterocycles. The van der Waals surface area contributed by atoms with E-state index in [2.05, 4.69) is 5.32 Å². The summed E-state index contributed by atoms with van der Waals surface area (Å²) in [6.07, 6.45) is 1.89. The van der Waals surface area contributed by atoms with Crippen LogP contribution in [0.2, 0.25) is 0 Å². The van der Waals surface area contributed by atoms with E-state index >= 15 is 0 Å². The van der Waals surface area contributed by atoms with Crippen molar-refractivity contribution in [2.24, 2.45) is 5.14 Å². The Kier molecular flexibility index (Phi) is 4.18. The number of carbonyl (C=O) groups is 1. The fraction of sp³-hybridized carbons (Fsp3) is 0.417. The van der Waals surface area contributed by atoms with Gasteiger partial charge in [0.15, 0.2) is 0 Å². The highest BCUT2D eigenvalue weighted by atomic mass is 32.2. The second kappa shape index (κ2) is 5.68. The number of carbonyl (C=O) groups excluding carboxylic acids is 1. The van der Waals surface area contributed by atoms with Gasteiger partial charge in [0.05, 0.1) is 16.6 Å². The minimum absolute atomic E-state index is 0.00518. The summed E-state index contributed by atoms with van der Waals surface area (Å²) in [5, 5.41) is 7.75. The Morgan fingerprint density at radius 2 is 2.16 bits per heavy atom. The first-order chi connectivity index (χ1) is 8.98. The van der Waals surface area contributed by atoms with E-state index in [1.165, 1.54) is 18.2 Å². The molecule has 2 rings (SSSR count). The van der Waals surface area contributed by atoms with E-state index in [9.17, 15) is 13.2 Å². The van der Waals surface area contributed by atoms with Gasteiger partial charge in [-0.3, -0.25) is 4.79 Å². The van der Waals surface area contributed by atoms with Gasteiger partial charge in [0.1, 0.15) is 0 Å². The summed E-state index contributed by atoms with van der Waals surface area (Å²) >= 11 is 0. The van der Waals surface area contributed by atoms with Crippen LogP contribution in [0.25, 0.3) is 0 Å². The van der Waals surface area contributed by atoms with E-state index in [4.69, 9.17) is 9.88 Å². The van der Waals surface area contributed by atoms with Gasteiger partial charge in [0.2, 0.25) is 10.0 Å². The third kappa shape index (κ3) is 3.52. The van der Waals surface area contributed by atoms with Crippen molar-refractivity contribution in [2.75, 3.05) is 13.2 Å². The molecular weight excluding hydrogens is 268 g/mol. The van der Waals surface area contributed by atoms with Crippen LogP contribution >= 0.6 is 0 Å². The second-order valence-electron chi connectivity index (χ2n) is 4.39. The van der Waals surface area contributed by atoms with Crippen LogP contribution < -0.4 is 10.5 Å². The molecule has 7 heteroatoms. The summed E-state index contributed by atoms with van der Waals surface area (Å²) in [5.41, 5.74) is 0.0583. The summed E-state index contributed by atoms with van der Waals surface area (Å²) in [5.74, 6) is -0.458. The molecule has 0 aliphatic carbocycles. The number of hydrogen-bond acceptors (Lipinski definition) is 4. The quantitative estimate of drug-likeness (QED) is 0.827. The molecule has 0 radical (unpaired) electrons. The molecule has 1 aliphatic heterocycles. The highest BCUT2D eigenvalue weighted by molar-refractivity contribution is 7.89. The summed E-state index contributed by atoms with van der Waals surface area (Å²) in [6.45, 7) is 1.08. The third-order valence-electron chi connectivity index (χ3n) is 2.95. The van der Waals surface area contributed by atoms with Crippen LogP contribution in [0.15, 0.2) is 29.2 Å². The Bertz CT molecular complexity index is 565. The van der Waals surface area contributed by atoms with Gasteiger partial charge in [-0.25, -0.2) is 13.6 Å². The summed E-state index contributed by atoms with van der Waals surface area (Å²) in [4.78, 5) is 11.8. The molecule has 3 N–H and O–H groups in total. The number of nitrogens with one attached hydrogen (secondary N) is 1. The first kappa shape index (κ1) is 14.0. The first-order valence-corrected chi connectivity index (χ1v) is 7.55. The molecule has 0 saturated carbocycles. The zero-order valence-corrected chi connectivity index (χ0v) is 11.2. The molecule has 19 heavy (non-hydrogen) atoms. The maximum atomic E-state index is 12.0. The number of primary sulfonamides is 1. The molecular formula is C12H16N2O4S. The topological polar surface area (TPSA) is 98.5 Å². The van der Waals surface area contributed by atoms with Gasteiger partial charge in [0.25, 0.3) is 5.91 Å². The van der Waals surface area contributed by atoms with E-state index in [0.29, 0.717) is 13.2 Å². The fourth-order valence-electron chi connectivity index (χ4n) is 2.01. The summed E-state index contributed by atoms with van der Waals surface area (Å²) in [7, 11) is -3.91. The number of benzene rings is 1. The Morgan fingerprint density at radius 3 is 2.79 bits per heavy atom. The molecule has 0 spiro atoms. The van der Waals surface area contributed by atoms with E-state index in [-0.39, 0.29) is 16.6 Å². The zero-order valence-electron chi connectivity index (χ0n) is 10.3. The molecule has 104 valence electrons. The van der Waals surface area contributed by atoms with Gasteiger partial charge >= 0.3 is 0 Å². The summed E-state index contributed by atoms with van der Waals surface area (Å²) < 4.78 is 28.2. The molecule has 1 unspecified atom stereocenters. The van der Waals surface area contributed by atoms with Crippen molar-refractivity contribution in [3.8, 4) is 0 Å². The van der Waals surface area contributed by atoms with Gasteiger partial charge in [-0.1, -0.05) is 12.1 Å². The van der Waals surface area contributed by atoms with Gasteiger partial charge in [-0.2, -0.15) is 0 Å². The fourth-order valence-corrected chi connectivity index (χ4v) is 2.74. The Labute approximate surface area is 112 Å². The minimum Gasteiger partial charge on any atom is -0.376 e. The zero-order chi connectivity index (χ0) is 13.9. The van der Waals surface area contributed by atoms with Crippen LogP contribution in [-0.4, -0.2) is 33.6 Å². The van der Waals surface area contributed by atoms with E-state index < -0.39 is 15.9 Å². The predicted molar refractivity (Wildman–Crippen MR) is 69.1 cm³/mol. The van der Waals surface area contributed by atoms with Crippen LogP contribution in [0.5, 0.6) is 0 Å². The number of ether oxygens (including phenoxy) is 1. The summed E-state index contributed by atoms with van der Waals surface area (Å²) in [6, 6.07) is 5.87. The third-order valence-corrected chi connectivity index (χ3v) is 3.92. The largest absolute Gasteiger partial charge is 0.376 e. The smallest absolute Gasteiger partial charge is 0.252 e. The average molecular weight is 284 g/mol. The number of nitrogens with two attached hydrogens (primary N) is 1. The van der Waals surface area contributed by atoms with Crippen LogP contribution in [0.1, 0.15) is 23.2 Å². The van der Waals surface area contributed by atoms with Crippen LogP contribution in [0, 0.1) is 0 Å². The molecule has 1 amide bonds. The standard InChI is InChI=1S/C12H16N2O4S/c13-19(16,17)11-6-2-1-5-10(11)12(15)14-8-9-4-3-7-18-9/h1-2,5-6,9H,3-4,7-8H2,(H,14,15)(H2,13,16,17). The minimum atomic E-state index is -3.91. The average Bonchev–Trinajstić information content (AvgIpc) is 2.88. The normalized spacial score (nSPS) is 19.3. The lowest BCUT2D eigenvalue weighted by Crippen LogP contribution is -2.33. The number of amides is 1. The Balaban J connectivity index is 2.10. The predicted octanol–water partition coefficient (Wildman–Crippen LogP) is 0.243. The second-order valence-corrected chi connectivity index (χ2v) is 5.92. The maximum Gasteiger partial charge on any atom is 0.252 e. The van der Waals surface area contributed by atoms with Gasteiger partial charge in [-0.05, 0) is 25.0 Å². The van der Waals surface area contributed by atoms with Crippen LogP contribution in [0.4, 0.5) is 0 Å². The molecule has 0 bridgehead atoms. The molecule has 1 saturated heterocycles. The van der Waals surface area contributed by atoms with Gasteiger partial charge in [-0.15, -0.1) is 0 Å². The molecule has 1 fully saturated rings. The van der Waals surface area contributed by atoms with Crippen LogP contribution in [-0.2, 0) is 14.8 Å². The number of rotatable bonds is 4.